The summed E-state index contributed by atoms with van der Waals surface area (Å²) in [5, 5.41) is 10.6. The van der Waals surface area contributed by atoms with E-state index in [1.165, 1.54) is 0 Å². The molecule has 0 N–H and O–H groups in total. The molecule has 15 heavy (non-hydrogen) atoms. The Morgan fingerprint density at radius 2 is 2.33 bits per heavy atom. The van der Waals surface area contributed by atoms with E-state index < -0.39 is 0 Å². The molecule has 0 heterocycles. The first kappa shape index (κ1) is 11.6. The van der Waals surface area contributed by atoms with E-state index in [0.717, 1.165) is 22.2 Å². The van der Waals surface area contributed by atoms with Crippen LogP contribution in [0.2, 0.25) is 0 Å². The number of ether oxygens (including phenoxy) is 1. The minimum absolute atomic E-state index is 0.338. The summed E-state index contributed by atoms with van der Waals surface area (Å²) in [7, 11) is 0. The molecule has 0 saturated heterocycles. The van der Waals surface area contributed by atoms with Crippen LogP contribution in [0.3, 0.4) is 0 Å². The van der Waals surface area contributed by atoms with Gasteiger partial charge < -0.3 is 4.74 Å². The highest BCUT2D eigenvalue weighted by Gasteiger charge is 2.12. The second kappa shape index (κ2) is 5.42. The standard InChI is InChI=1S/C11H11NO2S/c1-3-14-11(13)9-5-4-6-10(8(9)2)15-7-12/h4-6H,3H2,1-2H3. The Bertz CT molecular complexity index is 410. The molecule has 0 fully saturated rings. The van der Waals surface area contributed by atoms with Crippen LogP contribution < -0.4 is 0 Å². The van der Waals surface area contributed by atoms with Crippen molar-refractivity contribution in [2.75, 3.05) is 6.61 Å². The summed E-state index contributed by atoms with van der Waals surface area (Å²) in [5.41, 5.74) is 1.32. The maximum absolute atomic E-state index is 11.5. The van der Waals surface area contributed by atoms with Gasteiger partial charge >= 0.3 is 5.97 Å². The molecule has 4 heteroatoms. The summed E-state index contributed by atoms with van der Waals surface area (Å²) in [6, 6.07) is 5.26. The van der Waals surface area contributed by atoms with Crippen molar-refractivity contribution in [1.29, 1.82) is 5.26 Å². The van der Waals surface area contributed by atoms with Gasteiger partial charge in [0.1, 0.15) is 5.40 Å². The first-order chi connectivity index (χ1) is 7.20. The van der Waals surface area contributed by atoms with Crippen LogP contribution in [0.4, 0.5) is 0 Å². The molecule has 0 bridgehead atoms. The molecule has 0 amide bonds. The number of carbonyl (C=O) groups excluding carboxylic acids is 1. The summed E-state index contributed by atoms with van der Waals surface area (Å²) in [5.74, 6) is -0.338. The van der Waals surface area contributed by atoms with Gasteiger partial charge in [-0.1, -0.05) is 6.07 Å². The minimum atomic E-state index is -0.338. The van der Waals surface area contributed by atoms with Crippen LogP contribution in [0.25, 0.3) is 0 Å². The molecule has 0 unspecified atom stereocenters. The molecular formula is C11H11NO2S. The van der Waals surface area contributed by atoms with Gasteiger partial charge in [0.25, 0.3) is 0 Å². The minimum Gasteiger partial charge on any atom is -0.462 e. The number of hydrogen-bond donors (Lipinski definition) is 0. The fourth-order valence-electron chi connectivity index (χ4n) is 1.20. The lowest BCUT2D eigenvalue weighted by Gasteiger charge is -2.07. The van der Waals surface area contributed by atoms with Crippen molar-refractivity contribution in [1.82, 2.24) is 0 Å². The number of esters is 1. The molecule has 0 aliphatic heterocycles. The van der Waals surface area contributed by atoms with Gasteiger partial charge in [-0.05, 0) is 43.3 Å². The molecule has 1 rings (SSSR count). The van der Waals surface area contributed by atoms with Crippen molar-refractivity contribution in [2.24, 2.45) is 0 Å². The zero-order chi connectivity index (χ0) is 11.3. The summed E-state index contributed by atoms with van der Waals surface area (Å²) in [6.45, 7) is 3.93. The predicted molar refractivity (Wildman–Crippen MR) is 58.6 cm³/mol. The van der Waals surface area contributed by atoms with E-state index in [-0.39, 0.29) is 5.97 Å². The molecule has 0 spiro atoms. The molecule has 0 saturated carbocycles. The van der Waals surface area contributed by atoms with E-state index in [2.05, 4.69) is 0 Å². The molecule has 0 aliphatic rings. The Hall–Kier alpha value is -1.47. The van der Waals surface area contributed by atoms with E-state index in [1.54, 1.807) is 19.1 Å². The van der Waals surface area contributed by atoms with Crippen LogP contribution in [0.15, 0.2) is 23.1 Å². The van der Waals surface area contributed by atoms with Gasteiger partial charge in [-0.15, -0.1) is 0 Å². The average Bonchev–Trinajstić information content (AvgIpc) is 2.22. The van der Waals surface area contributed by atoms with E-state index in [9.17, 15) is 4.79 Å². The molecule has 1 aromatic rings. The van der Waals surface area contributed by atoms with Crippen molar-refractivity contribution in [2.45, 2.75) is 18.7 Å². The van der Waals surface area contributed by atoms with Gasteiger partial charge in [0.15, 0.2) is 0 Å². The number of thioether (sulfide) groups is 1. The Balaban J connectivity index is 3.04. The first-order valence-corrected chi connectivity index (χ1v) is 5.35. The fraction of sp³-hybridized carbons (Fsp3) is 0.273. The Morgan fingerprint density at radius 1 is 1.60 bits per heavy atom. The maximum Gasteiger partial charge on any atom is 0.338 e. The maximum atomic E-state index is 11.5. The number of benzene rings is 1. The van der Waals surface area contributed by atoms with Crippen LogP contribution in [-0.4, -0.2) is 12.6 Å². The topological polar surface area (TPSA) is 50.1 Å². The van der Waals surface area contributed by atoms with Crippen molar-refractivity contribution < 1.29 is 9.53 Å². The molecule has 78 valence electrons. The van der Waals surface area contributed by atoms with Crippen LogP contribution in [-0.2, 0) is 4.74 Å². The number of carbonyl (C=O) groups is 1. The predicted octanol–water partition coefficient (Wildman–Crippen LogP) is 2.74. The number of hydrogen-bond acceptors (Lipinski definition) is 4. The molecule has 1 aromatic carbocycles. The molecule has 0 aromatic heterocycles. The second-order valence-electron chi connectivity index (χ2n) is 2.84. The smallest absolute Gasteiger partial charge is 0.338 e. The van der Waals surface area contributed by atoms with Crippen LogP contribution >= 0.6 is 11.8 Å². The zero-order valence-corrected chi connectivity index (χ0v) is 9.43. The number of nitriles is 1. The van der Waals surface area contributed by atoms with Crippen LogP contribution in [0.5, 0.6) is 0 Å². The van der Waals surface area contributed by atoms with Gasteiger partial charge in [-0.2, -0.15) is 5.26 Å². The molecule has 0 aliphatic carbocycles. The highest BCUT2D eigenvalue weighted by atomic mass is 32.2. The summed E-state index contributed by atoms with van der Waals surface area (Å²) >= 11 is 1.05. The lowest BCUT2D eigenvalue weighted by molar-refractivity contribution is 0.0525. The third-order valence-corrected chi connectivity index (χ3v) is 2.69. The zero-order valence-electron chi connectivity index (χ0n) is 8.61. The number of nitrogens with zero attached hydrogens (tertiary/aromatic N) is 1. The van der Waals surface area contributed by atoms with Gasteiger partial charge in [0.2, 0.25) is 0 Å². The quantitative estimate of drug-likeness (QED) is 0.447. The van der Waals surface area contributed by atoms with Gasteiger partial charge in [-0.25, -0.2) is 4.79 Å². The highest BCUT2D eigenvalue weighted by Crippen LogP contribution is 2.24. The molecule has 0 radical (unpaired) electrons. The largest absolute Gasteiger partial charge is 0.462 e. The Labute approximate surface area is 93.0 Å². The molecular weight excluding hydrogens is 210 g/mol. The SMILES string of the molecule is CCOC(=O)c1cccc(SC#N)c1C. The number of thiocyanates is 1. The first-order valence-electron chi connectivity index (χ1n) is 4.53. The van der Waals surface area contributed by atoms with E-state index in [0.29, 0.717) is 12.2 Å². The normalized spacial score (nSPS) is 9.40. The lowest BCUT2D eigenvalue weighted by atomic mass is 10.1. The summed E-state index contributed by atoms with van der Waals surface area (Å²) < 4.78 is 4.91. The van der Waals surface area contributed by atoms with Crippen molar-refractivity contribution in [3.63, 3.8) is 0 Å². The fourth-order valence-corrected chi connectivity index (χ4v) is 1.71. The van der Waals surface area contributed by atoms with Gasteiger partial charge in [0, 0.05) is 4.90 Å². The number of rotatable bonds is 3. The van der Waals surface area contributed by atoms with Crippen molar-refractivity contribution in [3.05, 3.63) is 29.3 Å². The van der Waals surface area contributed by atoms with Gasteiger partial charge in [0.05, 0.1) is 12.2 Å². The highest BCUT2D eigenvalue weighted by molar-refractivity contribution is 8.03. The van der Waals surface area contributed by atoms with E-state index >= 15 is 0 Å². The summed E-state index contributed by atoms with van der Waals surface area (Å²) in [6.07, 6.45) is 0. The monoisotopic (exact) mass is 221 g/mol. The van der Waals surface area contributed by atoms with E-state index in [1.807, 2.05) is 18.4 Å². The Kier molecular flexibility index (Phi) is 4.19. The molecule has 0 atom stereocenters. The molecule has 3 nitrogen and oxygen atoms in total. The summed E-state index contributed by atoms with van der Waals surface area (Å²) in [4.78, 5) is 12.3. The van der Waals surface area contributed by atoms with Gasteiger partial charge in [-0.3, -0.25) is 0 Å². The van der Waals surface area contributed by atoms with Crippen LogP contribution in [0.1, 0.15) is 22.8 Å². The average molecular weight is 221 g/mol. The lowest BCUT2D eigenvalue weighted by Crippen LogP contribution is -2.06. The second-order valence-corrected chi connectivity index (χ2v) is 3.67. The third-order valence-electron chi connectivity index (χ3n) is 1.94. The van der Waals surface area contributed by atoms with Crippen LogP contribution in [0, 0.1) is 17.6 Å². The van der Waals surface area contributed by atoms with Crippen molar-refractivity contribution in [3.8, 4) is 5.40 Å². The Morgan fingerprint density at radius 3 is 2.93 bits per heavy atom. The van der Waals surface area contributed by atoms with Crippen molar-refractivity contribution >= 4 is 17.7 Å². The van der Waals surface area contributed by atoms with E-state index in [4.69, 9.17) is 10.00 Å². The third kappa shape index (κ3) is 2.74.